The molecule has 3 aromatic carbocycles. The molecule has 0 spiro atoms. The first-order valence-electron chi connectivity index (χ1n) is 9.74. The quantitative estimate of drug-likeness (QED) is 0.616. The number of hydrogen-bond donors (Lipinski definition) is 2. The number of rotatable bonds is 5. The number of hydrogen-bond acceptors (Lipinski definition) is 4. The Kier molecular flexibility index (Phi) is 5.39. The lowest BCUT2D eigenvalue weighted by Gasteiger charge is -2.11. The maximum absolute atomic E-state index is 12.6. The van der Waals surface area contributed by atoms with Crippen molar-refractivity contribution in [3.8, 4) is 17.2 Å². The van der Waals surface area contributed by atoms with Gasteiger partial charge in [-0.15, -0.1) is 0 Å². The monoisotopic (exact) mass is 402 g/mol. The lowest BCUT2D eigenvalue weighted by atomic mass is 10.0. The van der Waals surface area contributed by atoms with Gasteiger partial charge < -0.3 is 20.1 Å². The molecule has 1 aliphatic rings. The highest BCUT2D eigenvalue weighted by molar-refractivity contribution is 6.09. The second-order valence-electron chi connectivity index (χ2n) is 7.32. The van der Waals surface area contributed by atoms with Crippen molar-refractivity contribution in [2.75, 3.05) is 17.2 Å². The van der Waals surface area contributed by atoms with Crippen LogP contribution in [0.5, 0.6) is 17.2 Å². The van der Waals surface area contributed by atoms with E-state index in [1.165, 1.54) is 5.56 Å². The predicted molar refractivity (Wildman–Crippen MR) is 116 cm³/mol. The molecule has 30 heavy (non-hydrogen) atoms. The summed E-state index contributed by atoms with van der Waals surface area (Å²) in [6, 6.07) is 19.8. The van der Waals surface area contributed by atoms with Crippen LogP contribution in [0.3, 0.4) is 0 Å². The molecule has 0 fully saturated rings. The number of anilines is 2. The van der Waals surface area contributed by atoms with Crippen LogP contribution in [-0.4, -0.2) is 18.4 Å². The van der Waals surface area contributed by atoms with Crippen molar-refractivity contribution in [3.63, 3.8) is 0 Å². The van der Waals surface area contributed by atoms with E-state index in [1.54, 1.807) is 30.3 Å². The van der Waals surface area contributed by atoms with Crippen LogP contribution >= 0.6 is 0 Å². The van der Waals surface area contributed by atoms with E-state index in [1.807, 2.05) is 36.4 Å². The number of carbonyl (C=O) groups is 2. The van der Waals surface area contributed by atoms with Gasteiger partial charge in [0, 0.05) is 5.69 Å². The minimum Gasteiger partial charge on any atom is -0.484 e. The third-order valence-electron chi connectivity index (χ3n) is 4.78. The van der Waals surface area contributed by atoms with Crippen LogP contribution in [0, 0.1) is 0 Å². The standard InChI is InChI=1S/C24H22N2O4/c1-15(2)16-7-10-18(11-8-16)29-14-23(27)25-17-9-12-21-19(13-17)24(28)26-20-5-3-4-6-22(20)30-21/h3-13,15H,14H2,1-2H3,(H,25,27)(H,26,28). The number of para-hydroxylation sites is 2. The van der Waals surface area contributed by atoms with Gasteiger partial charge in [-0.2, -0.15) is 0 Å². The molecule has 2 amide bonds. The van der Waals surface area contributed by atoms with E-state index >= 15 is 0 Å². The van der Waals surface area contributed by atoms with Gasteiger partial charge in [-0.25, -0.2) is 0 Å². The first kappa shape index (κ1) is 19.5. The molecule has 6 nitrogen and oxygen atoms in total. The Morgan fingerprint density at radius 2 is 1.80 bits per heavy atom. The molecule has 3 aromatic rings. The Balaban J connectivity index is 1.41. The van der Waals surface area contributed by atoms with E-state index in [9.17, 15) is 9.59 Å². The molecule has 0 unspecified atom stereocenters. The minimum atomic E-state index is -0.318. The predicted octanol–water partition coefficient (Wildman–Crippen LogP) is 5.19. The van der Waals surface area contributed by atoms with Crippen molar-refractivity contribution in [2.24, 2.45) is 0 Å². The van der Waals surface area contributed by atoms with Crippen LogP contribution in [0.1, 0.15) is 35.7 Å². The summed E-state index contributed by atoms with van der Waals surface area (Å²) in [5.74, 6) is 1.44. The summed E-state index contributed by atoms with van der Waals surface area (Å²) >= 11 is 0. The maximum Gasteiger partial charge on any atom is 0.262 e. The first-order valence-corrected chi connectivity index (χ1v) is 9.74. The highest BCUT2D eigenvalue weighted by Crippen LogP contribution is 2.36. The average Bonchev–Trinajstić information content (AvgIpc) is 2.88. The molecular formula is C24H22N2O4. The summed E-state index contributed by atoms with van der Waals surface area (Å²) < 4.78 is 11.4. The van der Waals surface area contributed by atoms with Crippen molar-refractivity contribution in [1.82, 2.24) is 0 Å². The Hall–Kier alpha value is -3.80. The number of nitrogens with one attached hydrogen (secondary N) is 2. The fraction of sp³-hybridized carbons (Fsp3) is 0.167. The number of fused-ring (bicyclic) bond motifs is 2. The molecule has 0 saturated carbocycles. The SMILES string of the molecule is CC(C)c1ccc(OCC(=O)Nc2ccc3c(c2)C(=O)Nc2ccccc2O3)cc1. The molecule has 1 aliphatic heterocycles. The van der Waals surface area contributed by atoms with Gasteiger partial charge in [0.2, 0.25) is 0 Å². The highest BCUT2D eigenvalue weighted by atomic mass is 16.5. The first-order chi connectivity index (χ1) is 14.5. The number of benzene rings is 3. The fourth-order valence-electron chi connectivity index (χ4n) is 3.14. The van der Waals surface area contributed by atoms with Crippen LogP contribution in [-0.2, 0) is 4.79 Å². The molecule has 0 atom stereocenters. The van der Waals surface area contributed by atoms with Crippen molar-refractivity contribution in [2.45, 2.75) is 19.8 Å². The van der Waals surface area contributed by atoms with Gasteiger partial charge in [0.05, 0.1) is 11.3 Å². The van der Waals surface area contributed by atoms with Gasteiger partial charge in [0.1, 0.15) is 11.5 Å². The minimum absolute atomic E-state index is 0.133. The third-order valence-corrected chi connectivity index (χ3v) is 4.78. The molecule has 0 aromatic heterocycles. The maximum atomic E-state index is 12.6. The second kappa shape index (κ2) is 8.29. The van der Waals surface area contributed by atoms with E-state index < -0.39 is 0 Å². The fourth-order valence-corrected chi connectivity index (χ4v) is 3.14. The van der Waals surface area contributed by atoms with Gasteiger partial charge in [-0.1, -0.05) is 38.1 Å². The molecule has 1 heterocycles. The van der Waals surface area contributed by atoms with Gasteiger partial charge in [-0.05, 0) is 53.9 Å². The van der Waals surface area contributed by atoms with Gasteiger partial charge in [0.25, 0.3) is 11.8 Å². The molecule has 4 rings (SSSR count). The third kappa shape index (κ3) is 4.27. The number of ether oxygens (including phenoxy) is 2. The summed E-state index contributed by atoms with van der Waals surface area (Å²) in [6.45, 7) is 4.11. The average molecular weight is 402 g/mol. The summed E-state index contributed by atoms with van der Waals surface area (Å²) in [4.78, 5) is 24.9. The molecule has 2 N–H and O–H groups in total. The van der Waals surface area contributed by atoms with Gasteiger partial charge >= 0.3 is 0 Å². The van der Waals surface area contributed by atoms with Crippen LogP contribution in [0.25, 0.3) is 0 Å². The van der Waals surface area contributed by atoms with Gasteiger partial charge in [0.15, 0.2) is 12.4 Å². The topological polar surface area (TPSA) is 76.7 Å². The van der Waals surface area contributed by atoms with Crippen molar-refractivity contribution < 1.29 is 19.1 Å². The molecule has 0 radical (unpaired) electrons. The van der Waals surface area contributed by atoms with Crippen molar-refractivity contribution in [3.05, 3.63) is 77.9 Å². The Labute approximate surface area is 174 Å². The summed E-state index contributed by atoms with van der Waals surface area (Å²) in [6.07, 6.45) is 0. The zero-order valence-corrected chi connectivity index (χ0v) is 16.8. The summed E-state index contributed by atoms with van der Waals surface area (Å²) in [5, 5.41) is 5.57. The summed E-state index contributed by atoms with van der Waals surface area (Å²) in [7, 11) is 0. The molecule has 0 saturated heterocycles. The van der Waals surface area contributed by atoms with E-state index in [4.69, 9.17) is 9.47 Å². The van der Waals surface area contributed by atoms with E-state index in [0.29, 0.717) is 40.1 Å². The normalized spacial score (nSPS) is 12.2. The van der Waals surface area contributed by atoms with Gasteiger partial charge in [-0.3, -0.25) is 9.59 Å². The van der Waals surface area contributed by atoms with Crippen LogP contribution in [0.15, 0.2) is 66.7 Å². The second-order valence-corrected chi connectivity index (χ2v) is 7.32. The molecular weight excluding hydrogens is 380 g/mol. The Bertz CT molecular complexity index is 1090. The van der Waals surface area contributed by atoms with Crippen LogP contribution < -0.4 is 20.1 Å². The lowest BCUT2D eigenvalue weighted by Crippen LogP contribution is -2.20. The lowest BCUT2D eigenvalue weighted by molar-refractivity contribution is -0.118. The van der Waals surface area contributed by atoms with Crippen molar-refractivity contribution >= 4 is 23.2 Å². The number of amides is 2. The molecule has 152 valence electrons. The highest BCUT2D eigenvalue weighted by Gasteiger charge is 2.21. The van der Waals surface area contributed by atoms with E-state index in [0.717, 1.165) is 0 Å². The molecule has 0 bridgehead atoms. The smallest absolute Gasteiger partial charge is 0.262 e. The van der Waals surface area contributed by atoms with Crippen LogP contribution in [0.4, 0.5) is 11.4 Å². The molecule has 0 aliphatic carbocycles. The van der Waals surface area contributed by atoms with E-state index in [-0.39, 0.29) is 18.4 Å². The molecule has 6 heteroatoms. The summed E-state index contributed by atoms with van der Waals surface area (Å²) in [5.41, 5.74) is 2.64. The Morgan fingerprint density at radius 3 is 2.57 bits per heavy atom. The zero-order valence-electron chi connectivity index (χ0n) is 16.8. The number of carbonyl (C=O) groups excluding carboxylic acids is 2. The van der Waals surface area contributed by atoms with E-state index in [2.05, 4.69) is 24.5 Å². The Morgan fingerprint density at radius 1 is 1.03 bits per heavy atom. The largest absolute Gasteiger partial charge is 0.484 e. The van der Waals surface area contributed by atoms with Crippen LogP contribution in [0.2, 0.25) is 0 Å². The van der Waals surface area contributed by atoms with Crippen molar-refractivity contribution in [1.29, 1.82) is 0 Å². The zero-order chi connectivity index (χ0) is 21.1.